The fraction of sp³-hybridized carbons (Fsp3) is 0.105. The molecule has 5 N–H and O–H groups in total. The van der Waals surface area contributed by atoms with Crippen LogP contribution in [0.5, 0.6) is 5.75 Å². The Hall–Kier alpha value is -3.01. The average Bonchev–Trinajstić information content (AvgIpc) is 2.72. The molecule has 0 saturated carbocycles. The zero-order valence-corrected chi connectivity index (χ0v) is 16.6. The number of nitrogens with zero attached hydrogens (tertiary/aromatic N) is 2. The second kappa shape index (κ2) is 7.55. The number of fused-ring (bicyclic) bond motifs is 1. The predicted octanol–water partition coefficient (Wildman–Crippen LogP) is 3.74. The highest BCUT2D eigenvalue weighted by molar-refractivity contribution is 7.80. The van der Waals surface area contributed by atoms with Crippen LogP contribution in [0.1, 0.15) is 17.2 Å². The number of hydrazine groups is 1. The first kappa shape index (κ1) is 18.4. The summed E-state index contributed by atoms with van der Waals surface area (Å²) in [5.74, 6) is 7.72. The van der Waals surface area contributed by atoms with Crippen molar-refractivity contribution < 1.29 is 4.74 Å². The van der Waals surface area contributed by atoms with Crippen LogP contribution in [0.4, 0.5) is 17.3 Å². The molecule has 4 rings (SSSR count). The minimum absolute atomic E-state index is 0.260. The van der Waals surface area contributed by atoms with Gasteiger partial charge in [0.2, 0.25) is 0 Å². The number of H-pyrrole nitrogens is 1. The summed E-state index contributed by atoms with van der Waals surface area (Å²) >= 11 is 10.9. The van der Waals surface area contributed by atoms with E-state index in [1.54, 1.807) is 7.11 Å². The number of hydrogen-bond donors (Lipinski definition) is 4. The fourth-order valence-electron chi connectivity index (χ4n) is 3.33. The molecule has 28 heavy (non-hydrogen) atoms. The lowest BCUT2D eigenvalue weighted by Gasteiger charge is -2.39. The number of ether oxygens (including phenoxy) is 1. The van der Waals surface area contributed by atoms with Crippen molar-refractivity contribution in [1.82, 2.24) is 9.97 Å². The smallest absolute Gasteiger partial charge is 0.200 e. The summed E-state index contributed by atoms with van der Waals surface area (Å²) in [7, 11) is 1.64. The zero-order valence-electron chi connectivity index (χ0n) is 15.0. The Morgan fingerprint density at radius 2 is 1.82 bits per heavy atom. The van der Waals surface area contributed by atoms with Crippen molar-refractivity contribution in [1.29, 1.82) is 0 Å². The summed E-state index contributed by atoms with van der Waals surface area (Å²) in [6.07, 6.45) is 0. The summed E-state index contributed by atoms with van der Waals surface area (Å²) in [6, 6.07) is 17.5. The third-order valence-corrected chi connectivity index (χ3v) is 5.05. The molecular weight excluding hydrogens is 392 g/mol. The molecule has 0 bridgehead atoms. The Balaban J connectivity index is 1.95. The lowest BCUT2D eigenvalue weighted by Crippen LogP contribution is -2.44. The summed E-state index contributed by atoms with van der Waals surface area (Å²) in [6.45, 7) is 0. The van der Waals surface area contributed by atoms with Gasteiger partial charge >= 0.3 is 0 Å². The normalized spacial score (nSPS) is 15.6. The molecular formula is C19H18N6OS2. The number of thiocarbonyl (C=S) groups is 1. The lowest BCUT2D eigenvalue weighted by atomic mass is 9.95. The van der Waals surface area contributed by atoms with Gasteiger partial charge in [0.05, 0.1) is 18.7 Å². The van der Waals surface area contributed by atoms with Crippen LogP contribution in [-0.4, -0.2) is 22.2 Å². The van der Waals surface area contributed by atoms with E-state index < -0.39 is 0 Å². The highest BCUT2D eigenvalue weighted by Gasteiger charge is 2.36. The van der Waals surface area contributed by atoms with Crippen molar-refractivity contribution in [3.63, 3.8) is 0 Å². The molecule has 142 valence electrons. The molecule has 0 radical (unpaired) electrons. The molecule has 0 spiro atoms. The van der Waals surface area contributed by atoms with Crippen LogP contribution in [0.3, 0.4) is 0 Å². The van der Waals surface area contributed by atoms with Gasteiger partial charge in [0.1, 0.15) is 17.4 Å². The van der Waals surface area contributed by atoms with Gasteiger partial charge in [-0.15, -0.1) is 0 Å². The van der Waals surface area contributed by atoms with E-state index in [0.717, 1.165) is 22.6 Å². The number of methoxy groups -OCH3 is 1. The molecule has 0 amide bonds. The minimum Gasteiger partial charge on any atom is -0.497 e. The summed E-state index contributed by atoms with van der Waals surface area (Å²) in [4.78, 5) is 9.47. The zero-order chi connectivity index (χ0) is 19.7. The molecule has 1 atom stereocenters. The van der Waals surface area contributed by atoms with Crippen LogP contribution in [-0.2, 0) is 0 Å². The maximum atomic E-state index is 5.79. The van der Waals surface area contributed by atoms with Gasteiger partial charge in [-0.1, -0.05) is 30.3 Å². The van der Waals surface area contributed by atoms with Crippen LogP contribution >= 0.6 is 24.4 Å². The minimum atomic E-state index is -0.260. The van der Waals surface area contributed by atoms with Crippen molar-refractivity contribution >= 4 is 46.9 Å². The quantitative estimate of drug-likeness (QED) is 0.294. The van der Waals surface area contributed by atoms with Crippen LogP contribution in [0.2, 0.25) is 0 Å². The van der Waals surface area contributed by atoms with Crippen molar-refractivity contribution in [3.8, 4) is 5.75 Å². The third kappa shape index (κ3) is 3.19. The van der Waals surface area contributed by atoms with Gasteiger partial charge in [0.25, 0.3) is 0 Å². The first-order valence-corrected chi connectivity index (χ1v) is 9.34. The number of aromatic nitrogens is 2. The monoisotopic (exact) mass is 410 g/mol. The Bertz CT molecular complexity index is 1070. The molecule has 1 aliphatic heterocycles. The van der Waals surface area contributed by atoms with Crippen LogP contribution in [0, 0.1) is 4.77 Å². The number of nitrogens with one attached hydrogen (secondary N) is 3. The maximum absolute atomic E-state index is 5.79. The molecule has 0 fully saturated rings. The topological polar surface area (TPSA) is 91.2 Å². The number of hydrogen-bond acceptors (Lipinski definition) is 6. The van der Waals surface area contributed by atoms with Gasteiger partial charge < -0.3 is 25.4 Å². The van der Waals surface area contributed by atoms with Crippen molar-refractivity contribution in [2.45, 2.75) is 6.04 Å². The van der Waals surface area contributed by atoms with Crippen molar-refractivity contribution in [2.24, 2.45) is 5.84 Å². The van der Waals surface area contributed by atoms with Gasteiger partial charge in [-0.3, -0.25) is 0 Å². The van der Waals surface area contributed by atoms with E-state index in [1.807, 2.05) is 59.5 Å². The van der Waals surface area contributed by atoms with E-state index in [1.165, 1.54) is 0 Å². The number of nitrogens with two attached hydrogens (primary N) is 1. The molecule has 0 aliphatic carbocycles. The Labute approximate surface area is 172 Å². The van der Waals surface area contributed by atoms with E-state index in [2.05, 4.69) is 20.7 Å². The van der Waals surface area contributed by atoms with E-state index >= 15 is 0 Å². The van der Waals surface area contributed by atoms with Crippen molar-refractivity contribution in [2.75, 3.05) is 22.8 Å². The van der Waals surface area contributed by atoms with Crippen molar-refractivity contribution in [3.05, 3.63) is 70.5 Å². The second-order valence-electron chi connectivity index (χ2n) is 6.13. The van der Waals surface area contributed by atoms with Gasteiger partial charge in [0, 0.05) is 5.69 Å². The molecule has 1 unspecified atom stereocenters. The fourth-order valence-corrected chi connectivity index (χ4v) is 3.83. The molecule has 0 saturated heterocycles. The van der Waals surface area contributed by atoms with Gasteiger partial charge in [-0.05, 0) is 54.3 Å². The summed E-state index contributed by atoms with van der Waals surface area (Å²) in [5, 5.41) is 3.70. The number of nitrogen functional groups attached to an aromatic ring is 1. The highest BCUT2D eigenvalue weighted by Crippen LogP contribution is 2.42. The molecule has 9 heteroatoms. The second-order valence-corrected chi connectivity index (χ2v) is 6.91. The molecule has 1 aromatic heterocycles. The number of rotatable bonds is 4. The van der Waals surface area contributed by atoms with Gasteiger partial charge in [0.15, 0.2) is 9.88 Å². The standard InChI is InChI=1S/C19H18N6OS2/c1-26-13-9-7-12(8-10-13)25-15(11-5-3-2-4-6-11)14-16(23-19(25)28)21-18(27)22-17(14)24-20/h2-10,15H,20H2,1H3,(H3,21,22,23,24,27,28). The maximum Gasteiger partial charge on any atom is 0.200 e. The largest absolute Gasteiger partial charge is 0.497 e. The van der Waals surface area contributed by atoms with Crippen LogP contribution < -0.4 is 26.2 Å². The number of benzene rings is 2. The number of anilines is 3. The van der Waals surface area contributed by atoms with E-state index in [0.29, 0.717) is 21.5 Å². The third-order valence-electron chi connectivity index (χ3n) is 4.56. The van der Waals surface area contributed by atoms with E-state index in [-0.39, 0.29) is 6.04 Å². The molecule has 3 aromatic rings. The lowest BCUT2D eigenvalue weighted by molar-refractivity contribution is 0.415. The van der Waals surface area contributed by atoms with E-state index in [9.17, 15) is 0 Å². The van der Waals surface area contributed by atoms with Crippen LogP contribution in [0.25, 0.3) is 0 Å². The summed E-state index contributed by atoms with van der Waals surface area (Å²) in [5.41, 5.74) is 5.47. The first-order chi connectivity index (χ1) is 13.6. The van der Waals surface area contributed by atoms with Gasteiger partial charge in [-0.2, -0.15) is 0 Å². The Morgan fingerprint density at radius 1 is 1.11 bits per heavy atom. The average molecular weight is 411 g/mol. The summed E-state index contributed by atoms with van der Waals surface area (Å²) < 4.78 is 5.59. The Kier molecular flexibility index (Phi) is 4.95. The first-order valence-electron chi connectivity index (χ1n) is 8.52. The van der Waals surface area contributed by atoms with Crippen LogP contribution in [0.15, 0.2) is 54.6 Å². The molecule has 2 aromatic carbocycles. The number of aromatic amines is 1. The molecule has 2 heterocycles. The van der Waals surface area contributed by atoms with E-state index in [4.69, 9.17) is 35.0 Å². The molecule has 7 nitrogen and oxygen atoms in total. The SMILES string of the molecule is COc1ccc(N2C(=S)Nc3nc(=S)[nH]c(NN)c3C2c2ccccc2)cc1. The Morgan fingerprint density at radius 3 is 2.46 bits per heavy atom. The highest BCUT2D eigenvalue weighted by atomic mass is 32.1. The predicted molar refractivity (Wildman–Crippen MR) is 117 cm³/mol. The van der Waals surface area contributed by atoms with Gasteiger partial charge in [-0.25, -0.2) is 10.8 Å². The molecule has 1 aliphatic rings.